The number of fused-ring (bicyclic) bond motifs is 45. The third-order valence-electron chi connectivity index (χ3n) is 28.7. The Labute approximate surface area is 680 Å². The van der Waals surface area contributed by atoms with Crippen LogP contribution in [0.4, 0.5) is 17.1 Å². The molecule has 0 saturated carbocycles. The Balaban J connectivity index is 0.742. The molecule has 0 radical (unpaired) electrons. The van der Waals surface area contributed by atoms with Crippen molar-refractivity contribution in [2.75, 3.05) is 4.90 Å². The standard InChI is InChI=1S/C114H67NO3/c1-111(2)92-57-66(50-53-76(92)103-97(111)60-81(64-27-5-3-6-28-64)109-107(103)79-38-16-25-47-100(79)117-109)115(68-51-54-77-94(59-68)114(89-44-22-13-35-73(89)74-36-14-23-45-90(74)114)98-61-82(65-29-7-4-8-30-65)110-108(104(77)98)80-39-17-26-48-101(80)118-110)67-49-52-75-83-62-96-84(63-95(83)113(93(75)58-67)87-42-20-11-33-71(87)72-34-12-21-43-88(72)113)105-91(55-56-102-106(105)78-37-15-24-46-99(78)116-102)112(96)85-40-18-9-31-69(85)70-32-10-19-41-86(70)112/h3-63H,1-2H3. The normalized spacial score (nSPS) is 15.0. The first-order valence-corrected chi connectivity index (χ1v) is 41.3. The summed E-state index contributed by atoms with van der Waals surface area (Å²) in [4.78, 5) is 2.63. The first kappa shape index (κ1) is 63.6. The number of hydrogen-bond donors (Lipinski definition) is 0. The van der Waals surface area contributed by atoms with E-state index < -0.39 is 21.7 Å². The number of benzene rings is 18. The van der Waals surface area contributed by atoms with Crippen LogP contribution in [0.2, 0.25) is 0 Å². The molecule has 0 unspecified atom stereocenters. The monoisotopic (exact) mass is 1500 g/mol. The van der Waals surface area contributed by atoms with Crippen molar-refractivity contribution in [3.63, 3.8) is 0 Å². The minimum atomic E-state index is -0.783. The molecular formula is C114H67NO3. The van der Waals surface area contributed by atoms with Gasteiger partial charge in [0, 0.05) is 65.9 Å². The van der Waals surface area contributed by atoms with E-state index in [-0.39, 0.29) is 0 Å². The molecule has 3 aromatic heterocycles. The van der Waals surface area contributed by atoms with Crippen LogP contribution in [0, 0.1) is 0 Å². The van der Waals surface area contributed by atoms with Gasteiger partial charge in [-0.25, -0.2) is 0 Å². The Hall–Kier alpha value is -14.8. The van der Waals surface area contributed by atoms with Gasteiger partial charge in [0.05, 0.1) is 16.2 Å². The summed E-state index contributed by atoms with van der Waals surface area (Å²) in [6.07, 6.45) is 0. The average Bonchev–Trinajstić information content (AvgIpc) is 1.49. The first-order chi connectivity index (χ1) is 58.3. The van der Waals surface area contributed by atoms with E-state index in [1.807, 2.05) is 0 Å². The van der Waals surface area contributed by atoms with Gasteiger partial charge in [-0.1, -0.05) is 299 Å². The quantitative estimate of drug-likeness (QED) is 0.172. The molecule has 0 bridgehead atoms. The van der Waals surface area contributed by atoms with Gasteiger partial charge in [0.15, 0.2) is 0 Å². The molecule has 0 amide bonds. The molecule has 7 aliphatic carbocycles. The van der Waals surface area contributed by atoms with E-state index in [4.69, 9.17) is 13.3 Å². The van der Waals surface area contributed by atoms with Gasteiger partial charge in [-0.2, -0.15) is 0 Å². The molecule has 0 fully saturated rings. The highest BCUT2D eigenvalue weighted by Crippen LogP contribution is 2.72. The van der Waals surface area contributed by atoms with Gasteiger partial charge in [-0.15, -0.1) is 0 Å². The van der Waals surface area contributed by atoms with Gasteiger partial charge in [0.1, 0.15) is 33.5 Å². The number of para-hydroxylation sites is 3. The van der Waals surface area contributed by atoms with Crippen molar-refractivity contribution >= 4 is 82.9 Å². The van der Waals surface area contributed by atoms with E-state index in [9.17, 15) is 0 Å². The molecule has 3 heterocycles. The number of nitrogens with zero attached hydrogens (tertiary/aromatic N) is 1. The topological polar surface area (TPSA) is 42.7 Å². The van der Waals surface area contributed by atoms with E-state index >= 15 is 0 Å². The van der Waals surface area contributed by atoms with Crippen LogP contribution in [0.5, 0.6) is 0 Å². The largest absolute Gasteiger partial charge is 0.456 e. The summed E-state index contributed by atoms with van der Waals surface area (Å²) in [5, 5.41) is 6.80. The van der Waals surface area contributed by atoms with Crippen LogP contribution >= 0.6 is 0 Å². The third-order valence-corrected chi connectivity index (χ3v) is 28.7. The number of furan rings is 3. The molecule has 18 aromatic carbocycles. The maximum atomic E-state index is 7.24. The van der Waals surface area contributed by atoms with Crippen molar-refractivity contribution in [2.24, 2.45) is 0 Å². The molecule has 0 atom stereocenters. The van der Waals surface area contributed by atoms with E-state index in [2.05, 4.69) is 389 Å². The second-order valence-electron chi connectivity index (χ2n) is 34.1. The first-order valence-electron chi connectivity index (χ1n) is 41.3. The van der Waals surface area contributed by atoms with Crippen molar-refractivity contribution < 1.29 is 13.3 Å². The molecule has 0 aliphatic heterocycles. The Morgan fingerprint density at radius 1 is 0.195 bits per heavy atom. The summed E-state index contributed by atoms with van der Waals surface area (Å²) < 4.78 is 21.3. The predicted molar refractivity (Wildman–Crippen MR) is 480 cm³/mol. The lowest BCUT2D eigenvalue weighted by atomic mass is 9.68. The van der Waals surface area contributed by atoms with Gasteiger partial charge in [-0.05, 0) is 252 Å². The molecule has 546 valence electrons. The summed E-state index contributed by atoms with van der Waals surface area (Å²) in [5.41, 5.74) is 45.5. The second-order valence-corrected chi connectivity index (χ2v) is 34.1. The van der Waals surface area contributed by atoms with Gasteiger partial charge in [0.25, 0.3) is 0 Å². The molecular weight excluding hydrogens is 1430 g/mol. The zero-order valence-corrected chi connectivity index (χ0v) is 64.4. The van der Waals surface area contributed by atoms with Crippen molar-refractivity contribution in [2.45, 2.75) is 35.5 Å². The van der Waals surface area contributed by atoms with Crippen molar-refractivity contribution in [1.82, 2.24) is 0 Å². The fourth-order valence-electron chi connectivity index (χ4n) is 24.2. The maximum absolute atomic E-state index is 7.24. The molecule has 21 aromatic rings. The number of rotatable bonds is 5. The number of anilines is 3. The van der Waals surface area contributed by atoms with E-state index in [1.54, 1.807) is 0 Å². The van der Waals surface area contributed by atoms with Crippen molar-refractivity contribution in [1.29, 1.82) is 0 Å². The van der Waals surface area contributed by atoms with E-state index in [0.717, 1.165) is 105 Å². The Kier molecular flexibility index (Phi) is 11.9. The van der Waals surface area contributed by atoms with Crippen LogP contribution in [0.1, 0.15) is 91.7 Å². The highest BCUT2D eigenvalue weighted by atomic mass is 16.3. The highest BCUT2D eigenvalue weighted by Gasteiger charge is 2.58. The fraction of sp³-hybridized carbons (Fsp3) is 0.0526. The molecule has 4 heteroatoms. The lowest BCUT2D eigenvalue weighted by molar-refractivity contribution is 0.657. The van der Waals surface area contributed by atoms with Gasteiger partial charge >= 0.3 is 0 Å². The summed E-state index contributed by atoms with van der Waals surface area (Å²) in [6, 6.07) is 141. The van der Waals surface area contributed by atoms with Crippen molar-refractivity contribution in [3.8, 4) is 100 Å². The second kappa shape index (κ2) is 22.2. The van der Waals surface area contributed by atoms with Crippen LogP contribution in [-0.4, -0.2) is 0 Å². The molecule has 118 heavy (non-hydrogen) atoms. The Morgan fingerprint density at radius 2 is 0.517 bits per heavy atom. The van der Waals surface area contributed by atoms with Crippen LogP contribution in [0.15, 0.2) is 383 Å². The van der Waals surface area contributed by atoms with Gasteiger partial charge in [0.2, 0.25) is 0 Å². The lowest BCUT2D eigenvalue weighted by Gasteiger charge is -2.34. The lowest BCUT2D eigenvalue weighted by Crippen LogP contribution is -2.27. The van der Waals surface area contributed by atoms with Gasteiger partial charge in [-0.3, -0.25) is 0 Å². The van der Waals surface area contributed by atoms with Crippen LogP contribution < -0.4 is 4.90 Å². The van der Waals surface area contributed by atoms with Crippen LogP contribution in [0.25, 0.3) is 166 Å². The highest BCUT2D eigenvalue weighted by molar-refractivity contribution is 6.22. The number of hydrogen-bond acceptors (Lipinski definition) is 4. The maximum Gasteiger partial charge on any atom is 0.143 e. The Bertz CT molecular complexity index is 8040. The van der Waals surface area contributed by atoms with Crippen LogP contribution in [-0.2, 0) is 21.7 Å². The zero-order valence-electron chi connectivity index (χ0n) is 64.4. The summed E-state index contributed by atoms with van der Waals surface area (Å²) in [5.74, 6) is 0. The van der Waals surface area contributed by atoms with Crippen LogP contribution in [0.3, 0.4) is 0 Å². The summed E-state index contributed by atoms with van der Waals surface area (Å²) in [7, 11) is 0. The smallest absolute Gasteiger partial charge is 0.143 e. The average molecular weight is 1500 g/mol. The molecule has 7 aliphatic rings. The fourth-order valence-corrected chi connectivity index (χ4v) is 24.2. The zero-order chi connectivity index (χ0) is 77.0. The summed E-state index contributed by atoms with van der Waals surface area (Å²) in [6.45, 7) is 4.89. The van der Waals surface area contributed by atoms with Crippen molar-refractivity contribution in [3.05, 3.63) is 448 Å². The molecule has 0 saturated heterocycles. The molecule has 3 spiro atoms. The summed E-state index contributed by atoms with van der Waals surface area (Å²) >= 11 is 0. The molecule has 0 N–H and O–H groups in total. The Morgan fingerprint density at radius 3 is 1.01 bits per heavy atom. The molecule has 4 nitrogen and oxygen atoms in total. The van der Waals surface area contributed by atoms with Gasteiger partial charge < -0.3 is 18.2 Å². The minimum Gasteiger partial charge on any atom is -0.456 e. The predicted octanol–water partition coefficient (Wildman–Crippen LogP) is 29.5. The minimum absolute atomic E-state index is 0.468. The molecule has 28 rings (SSSR count). The third kappa shape index (κ3) is 7.49. The SMILES string of the molecule is CC1(C)c2cc(N(c3ccc4c(c3)C3(c5ccccc5-c5ccccc53)c3cc5c(cc3-4)C3(c4ccccc4-c4ccccc43)c3ccc4oc6ccccc6c4c3-5)c3ccc4c(c3)C3(c5ccccc5-c5ccccc53)c3cc(-c5ccccc5)c5oc6ccccc6c5c3-4)ccc2-c2c1cc(-c1ccccc1)c1oc3ccccc3c21. The van der Waals surface area contributed by atoms with E-state index in [1.165, 1.54) is 156 Å². The van der Waals surface area contributed by atoms with E-state index in [0.29, 0.717) is 0 Å².